The Bertz CT molecular complexity index is 255. The first-order valence-electron chi connectivity index (χ1n) is 3.81. The lowest BCUT2D eigenvalue weighted by Crippen LogP contribution is -2.29. The number of aryl methyl sites for hydroxylation is 2. The van der Waals surface area contributed by atoms with E-state index in [9.17, 15) is 0 Å². The normalized spacial score (nSPS) is 12.1. The molecule has 0 aromatic carbocycles. The van der Waals surface area contributed by atoms with Crippen LogP contribution >= 0.6 is 0 Å². The highest BCUT2D eigenvalue weighted by atomic mass is 15.5. The molecule has 0 aliphatic carbocycles. The fourth-order valence-electron chi connectivity index (χ4n) is 1.23. The van der Waals surface area contributed by atoms with Crippen molar-refractivity contribution in [3.8, 4) is 0 Å². The molecule has 0 atom stereocenters. The molecule has 0 amide bonds. The van der Waals surface area contributed by atoms with Gasteiger partial charge in [0.1, 0.15) is 14.1 Å². The van der Waals surface area contributed by atoms with Gasteiger partial charge in [-0.25, -0.2) is 0 Å². The third kappa shape index (κ3) is 1.59. The molecule has 1 aromatic rings. The van der Waals surface area contributed by atoms with Crippen LogP contribution in [-0.4, -0.2) is 9.90 Å². The number of hydrogen-bond acceptors (Lipinski definition) is 1. The highest BCUT2D eigenvalue weighted by Crippen LogP contribution is 2.18. The molecule has 1 heterocycles. The van der Waals surface area contributed by atoms with Crippen molar-refractivity contribution in [2.24, 2.45) is 14.1 Å². The van der Waals surface area contributed by atoms with Gasteiger partial charge in [0.2, 0.25) is 0 Å². The Balaban J connectivity index is 3.13. The van der Waals surface area contributed by atoms with Gasteiger partial charge >= 0.3 is 0 Å². The first-order chi connectivity index (χ1) is 4.91. The quantitative estimate of drug-likeness (QED) is 0.500. The third-order valence-corrected chi connectivity index (χ3v) is 1.70. The van der Waals surface area contributed by atoms with E-state index in [0.29, 0.717) is 0 Å². The molecule has 0 unspecified atom stereocenters. The summed E-state index contributed by atoms with van der Waals surface area (Å²) < 4.78 is 3.75. The maximum absolute atomic E-state index is 4.21. The van der Waals surface area contributed by atoms with Crippen LogP contribution in [0, 0.1) is 0 Å². The van der Waals surface area contributed by atoms with Gasteiger partial charge in [0.15, 0.2) is 11.9 Å². The molecule has 0 aliphatic heterocycles. The Kier molecular flexibility index (Phi) is 1.74. The minimum absolute atomic E-state index is 0.184. The van der Waals surface area contributed by atoms with Crippen LogP contribution in [0.3, 0.4) is 0 Å². The summed E-state index contributed by atoms with van der Waals surface area (Å²) >= 11 is 0. The van der Waals surface area contributed by atoms with Crippen molar-refractivity contribution >= 4 is 0 Å². The molecule has 0 N–H and O–H groups in total. The van der Waals surface area contributed by atoms with Gasteiger partial charge in [-0.2, -0.15) is 0 Å². The van der Waals surface area contributed by atoms with Gasteiger partial charge in [0.05, 0.1) is 5.21 Å². The smallest absolute Gasteiger partial charge is 0.140 e. The fourth-order valence-corrected chi connectivity index (χ4v) is 1.23. The summed E-state index contributed by atoms with van der Waals surface area (Å²) in [6, 6.07) is 0. The van der Waals surface area contributed by atoms with Crippen LogP contribution in [0.1, 0.15) is 26.5 Å². The Labute approximate surface area is 67.6 Å². The molecule has 0 saturated heterocycles. The molecule has 0 bridgehead atoms. The molecule has 3 heteroatoms. The summed E-state index contributed by atoms with van der Waals surface area (Å²) in [5.41, 5.74) is 1.43. The van der Waals surface area contributed by atoms with Crippen LogP contribution < -0.4 is 4.68 Å². The average molecular weight is 154 g/mol. The van der Waals surface area contributed by atoms with Crippen molar-refractivity contribution in [2.75, 3.05) is 0 Å². The maximum atomic E-state index is 4.21. The Hall–Kier alpha value is -0.860. The second kappa shape index (κ2) is 2.32. The van der Waals surface area contributed by atoms with Crippen molar-refractivity contribution in [3.63, 3.8) is 0 Å². The van der Waals surface area contributed by atoms with Crippen molar-refractivity contribution < 1.29 is 4.68 Å². The van der Waals surface area contributed by atoms with Crippen molar-refractivity contribution in [3.05, 3.63) is 11.9 Å². The van der Waals surface area contributed by atoms with E-state index in [1.165, 1.54) is 5.69 Å². The van der Waals surface area contributed by atoms with Crippen LogP contribution in [-0.2, 0) is 19.5 Å². The molecular formula is C8H16N3+. The molecule has 1 rings (SSSR count). The highest BCUT2D eigenvalue weighted by Gasteiger charge is 2.24. The van der Waals surface area contributed by atoms with Gasteiger partial charge < -0.3 is 0 Å². The summed E-state index contributed by atoms with van der Waals surface area (Å²) in [5.74, 6) is 0. The van der Waals surface area contributed by atoms with Crippen LogP contribution in [0.5, 0.6) is 0 Å². The molecule has 0 aliphatic rings. The van der Waals surface area contributed by atoms with E-state index in [1.807, 2.05) is 23.5 Å². The van der Waals surface area contributed by atoms with Gasteiger partial charge in [-0.3, -0.25) is 0 Å². The topological polar surface area (TPSA) is 21.7 Å². The van der Waals surface area contributed by atoms with Gasteiger partial charge in [-0.05, 0) is 0 Å². The summed E-state index contributed by atoms with van der Waals surface area (Å²) in [5, 5.41) is 4.21. The van der Waals surface area contributed by atoms with E-state index in [0.717, 1.165) is 0 Å². The lowest BCUT2D eigenvalue weighted by atomic mass is 9.93. The molecule has 0 fully saturated rings. The number of rotatable bonds is 0. The predicted octanol–water partition coefficient (Wildman–Crippen LogP) is 0.542. The zero-order chi connectivity index (χ0) is 8.65. The van der Waals surface area contributed by atoms with E-state index in [2.05, 4.69) is 32.2 Å². The van der Waals surface area contributed by atoms with Crippen molar-refractivity contribution in [1.29, 1.82) is 0 Å². The van der Waals surface area contributed by atoms with Crippen LogP contribution in [0.25, 0.3) is 0 Å². The van der Waals surface area contributed by atoms with E-state index in [1.54, 1.807) is 0 Å². The average Bonchev–Trinajstić information content (AvgIpc) is 2.08. The SMILES string of the molecule is Cn1n[n+](C)cc1C(C)(C)C. The van der Waals surface area contributed by atoms with Gasteiger partial charge in [-0.15, -0.1) is 9.36 Å². The lowest BCUT2D eigenvalue weighted by Gasteiger charge is -2.12. The van der Waals surface area contributed by atoms with Crippen molar-refractivity contribution in [2.45, 2.75) is 26.2 Å². The van der Waals surface area contributed by atoms with Crippen LogP contribution in [0.15, 0.2) is 6.20 Å². The molecule has 3 nitrogen and oxygen atoms in total. The zero-order valence-electron chi connectivity index (χ0n) is 7.92. The second-order valence-electron chi connectivity index (χ2n) is 3.95. The Morgan fingerprint density at radius 2 is 2.00 bits per heavy atom. The predicted molar refractivity (Wildman–Crippen MR) is 43.1 cm³/mol. The number of aromatic nitrogens is 3. The van der Waals surface area contributed by atoms with E-state index < -0.39 is 0 Å². The number of hydrogen-bond donors (Lipinski definition) is 0. The van der Waals surface area contributed by atoms with E-state index in [-0.39, 0.29) is 5.41 Å². The lowest BCUT2D eigenvalue weighted by molar-refractivity contribution is -0.732. The van der Waals surface area contributed by atoms with E-state index >= 15 is 0 Å². The molecule has 62 valence electrons. The Morgan fingerprint density at radius 1 is 1.45 bits per heavy atom. The van der Waals surface area contributed by atoms with Gasteiger partial charge in [0.25, 0.3) is 0 Å². The summed E-state index contributed by atoms with van der Waals surface area (Å²) in [4.78, 5) is 0. The minimum Gasteiger partial charge on any atom is -0.140 e. The molecule has 11 heavy (non-hydrogen) atoms. The fraction of sp³-hybridized carbons (Fsp3) is 0.750. The van der Waals surface area contributed by atoms with E-state index in [4.69, 9.17) is 0 Å². The number of nitrogens with zero attached hydrogens (tertiary/aromatic N) is 3. The van der Waals surface area contributed by atoms with Crippen LogP contribution in [0.4, 0.5) is 0 Å². The summed E-state index contributed by atoms with van der Waals surface area (Å²) in [7, 11) is 3.91. The molecular weight excluding hydrogens is 138 g/mol. The summed E-state index contributed by atoms with van der Waals surface area (Å²) in [6.45, 7) is 6.55. The largest absolute Gasteiger partial charge is 0.172 e. The highest BCUT2D eigenvalue weighted by molar-refractivity contribution is 5.04. The monoisotopic (exact) mass is 154 g/mol. The first kappa shape index (κ1) is 8.24. The molecule has 1 aromatic heterocycles. The standard InChI is InChI=1S/C8H16N3/c1-8(2,3)7-6-10(4)9-11(7)5/h6H,1-5H3/q+1. The second-order valence-corrected chi connectivity index (χ2v) is 3.95. The minimum atomic E-state index is 0.184. The van der Waals surface area contributed by atoms with Crippen molar-refractivity contribution in [1.82, 2.24) is 9.90 Å². The summed E-state index contributed by atoms with van der Waals surface area (Å²) in [6.07, 6.45) is 2.06. The molecule has 0 spiro atoms. The Morgan fingerprint density at radius 3 is 2.18 bits per heavy atom. The molecule has 0 saturated carbocycles. The first-order valence-corrected chi connectivity index (χ1v) is 3.81. The van der Waals surface area contributed by atoms with Gasteiger partial charge in [0, 0.05) is 5.41 Å². The maximum Gasteiger partial charge on any atom is 0.172 e. The third-order valence-electron chi connectivity index (χ3n) is 1.70. The molecule has 0 radical (unpaired) electrons. The zero-order valence-corrected chi connectivity index (χ0v) is 7.92. The van der Waals surface area contributed by atoms with Gasteiger partial charge in [-0.1, -0.05) is 20.8 Å². The van der Waals surface area contributed by atoms with Crippen LogP contribution in [0.2, 0.25) is 0 Å².